The van der Waals surface area contributed by atoms with Crippen molar-refractivity contribution in [3.8, 4) is 11.1 Å². The van der Waals surface area contributed by atoms with Crippen LogP contribution in [0, 0.1) is 0 Å². The first-order valence-electron chi connectivity index (χ1n) is 34.0. The average molecular weight is 1180 g/mol. The smallest absolute Gasteiger partial charge is 0.252 e. The number of nitrogens with zero attached hydrogens (tertiary/aromatic N) is 4. The zero-order chi connectivity index (χ0) is 63.1. The Balaban J connectivity index is 1.07. The predicted octanol–water partition coefficient (Wildman–Crippen LogP) is 21.4. The Hall–Kier alpha value is -6.98. The van der Waals surface area contributed by atoms with E-state index in [2.05, 4.69) is 309 Å². The summed E-state index contributed by atoms with van der Waals surface area (Å²) in [6.07, 6.45) is 9.49. The minimum Gasteiger partial charge on any atom is -0.334 e. The van der Waals surface area contributed by atoms with Crippen LogP contribution in [0.4, 0.5) is 56.9 Å². The van der Waals surface area contributed by atoms with Crippen LogP contribution in [-0.2, 0) is 37.9 Å². The van der Waals surface area contributed by atoms with Crippen LogP contribution in [0.1, 0.15) is 222 Å². The molecule has 4 nitrogen and oxygen atoms in total. The molecule has 2 fully saturated rings. The highest BCUT2D eigenvalue weighted by Gasteiger charge is 2.60. The van der Waals surface area contributed by atoms with E-state index in [1.165, 1.54) is 155 Å². The van der Waals surface area contributed by atoms with Crippen molar-refractivity contribution in [3.63, 3.8) is 0 Å². The maximum absolute atomic E-state index is 2.85. The zero-order valence-corrected chi connectivity index (χ0v) is 57.5. The predicted molar refractivity (Wildman–Crippen MR) is 385 cm³/mol. The second-order valence-electron chi connectivity index (χ2n) is 34.2. The van der Waals surface area contributed by atoms with Crippen LogP contribution in [0.25, 0.3) is 11.1 Å². The van der Waals surface area contributed by atoms with E-state index in [-0.39, 0.29) is 55.7 Å². The van der Waals surface area contributed by atoms with Gasteiger partial charge in [-0.3, -0.25) is 0 Å². The lowest BCUT2D eigenvalue weighted by Crippen LogP contribution is -2.62. The molecule has 4 atom stereocenters. The van der Waals surface area contributed by atoms with Gasteiger partial charge in [-0.2, -0.15) is 0 Å². The molecule has 458 valence electrons. The highest BCUT2D eigenvalue weighted by Crippen LogP contribution is 2.64. The number of benzene rings is 8. The van der Waals surface area contributed by atoms with E-state index in [1.807, 2.05) is 0 Å². The van der Waals surface area contributed by atoms with Crippen molar-refractivity contribution >= 4 is 80.0 Å². The molecule has 4 heterocycles. The Morgan fingerprint density at radius 2 is 0.674 bits per heavy atom. The van der Waals surface area contributed by atoms with Gasteiger partial charge >= 0.3 is 0 Å². The van der Waals surface area contributed by atoms with Gasteiger partial charge in [-0.25, -0.2) is 0 Å². The standard InChI is InChI=1S/C84H99BN4/c1-76(2,3)56-27-24-54(25-28-56)55-26-41-69-65(48-55)81(16)44-20-23-47-84(81,19)89(69)64-52-73-75-74(53-64)87(62-37-31-58(32-38-62)78(7,8)9)72-51-63(88-70-42-33-59(79(10,11)12)49-66(70)82(17)45-21-22-46-83(82,88)18)39-40-67(72)85(75)68-50-60(80(13,14)15)34-43-71(68)86(73)61-35-29-57(30-36-61)77(4,5)6/h24-43,48-53H,20-23,44-47H2,1-19H3. The van der Waals surface area contributed by atoms with Gasteiger partial charge in [-0.1, -0.05) is 228 Å². The molecule has 0 spiro atoms. The fourth-order valence-electron chi connectivity index (χ4n) is 17.6. The lowest BCUT2D eigenvalue weighted by Gasteiger charge is -2.51. The Kier molecular flexibility index (Phi) is 13.2. The summed E-state index contributed by atoms with van der Waals surface area (Å²) in [5, 5.41) is 0. The highest BCUT2D eigenvalue weighted by molar-refractivity contribution is 7.00. The number of hydrogen-bond donors (Lipinski definition) is 0. The average Bonchev–Trinajstić information content (AvgIpc) is 1.68. The molecule has 8 aromatic carbocycles. The third kappa shape index (κ3) is 9.01. The van der Waals surface area contributed by atoms with Gasteiger partial charge in [0, 0.05) is 67.7 Å². The Labute approximate surface area is 536 Å². The summed E-state index contributed by atoms with van der Waals surface area (Å²) in [4.78, 5) is 11.1. The molecule has 0 amide bonds. The topological polar surface area (TPSA) is 13.0 Å². The summed E-state index contributed by atoms with van der Waals surface area (Å²) < 4.78 is 0. The fourth-order valence-corrected chi connectivity index (χ4v) is 17.6. The summed E-state index contributed by atoms with van der Waals surface area (Å²) in [5.74, 6) is 0. The molecule has 4 aliphatic heterocycles. The van der Waals surface area contributed by atoms with Crippen molar-refractivity contribution in [2.24, 2.45) is 0 Å². The third-order valence-corrected chi connectivity index (χ3v) is 23.6. The van der Waals surface area contributed by atoms with Gasteiger partial charge in [0.05, 0.1) is 11.1 Å². The normalized spacial score (nSPS) is 22.9. The van der Waals surface area contributed by atoms with E-state index in [4.69, 9.17) is 0 Å². The lowest BCUT2D eigenvalue weighted by molar-refractivity contribution is 0.195. The van der Waals surface area contributed by atoms with Gasteiger partial charge in [0.25, 0.3) is 6.71 Å². The summed E-state index contributed by atoms with van der Waals surface area (Å²) in [7, 11) is 0. The molecular weight excluding hydrogens is 1080 g/mol. The molecule has 0 aromatic heterocycles. The summed E-state index contributed by atoms with van der Waals surface area (Å²) in [5.41, 5.74) is 28.8. The molecule has 0 radical (unpaired) electrons. The minimum atomic E-state index is -0.201. The van der Waals surface area contributed by atoms with E-state index in [1.54, 1.807) is 0 Å². The molecule has 0 bridgehead atoms. The van der Waals surface area contributed by atoms with Gasteiger partial charge in [0.2, 0.25) is 0 Å². The molecule has 6 aliphatic rings. The number of fused-ring (bicyclic) bond motifs is 10. The number of rotatable bonds is 5. The van der Waals surface area contributed by atoms with Crippen LogP contribution < -0.4 is 36.0 Å². The van der Waals surface area contributed by atoms with Gasteiger partial charge < -0.3 is 19.6 Å². The molecule has 2 aliphatic carbocycles. The molecule has 0 N–H and O–H groups in total. The third-order valence-electron chi connectivity index (χ3n) is 23.6. The molecule has 89 heavy (non-hydrogen) atoms. The molecule has 0 saturated heterocycles. The Morgan fingerprint density at radius 3 is 1.17 bits per heavy atom. The van der Waals surface area contributed by atoms with Crippen LogP contribution in [0.15, 0.2) is 158 Å². The quantitative estimate of drug-likeness (QED) is 0.159. The lowest BCUT2D eigenvalue weighted by atomic mass is 9.33. The van der Waals surface area contributed by atoms with Crippen LogP contribution in [0.3, 0.4) is 0 Å². The van der Waals surface area contributed by atoms with E-state index in [0.29, 0.717) is 0 Å². The van der Waals surface area contributed by atoms with Crippen LogP contribution in [0.5, 0.6) is 0 Å². The minimum absolute atomic E-state index is 0.00768. The second kappa shape index (κ2) is 19.8. The Bertz CT molecular complexity index is 4140. The van der Waals surface area contributed by atoms with E-state index in [9.17, 15) is 0 Å². The first-order valence-corrected chi connectivity index (χ1v) is 34.0. The maximum atomic E-state index is 2.85. The first kappa shape index (κ1) is 59.6. The molecule has 4 unspecified atom stereocenters. The molecule has 14 rings (SSSR count). The van der Waals surface area contributed by atoms with Crippen LogP contribution in [-0.4, -0.2) is 17.8 Å². The van der Waals surface area contributed by atoms with E-state index in [0.717, 1.165) is 19.3 Å². The summed E-state index contributed by atoms with van der Waals surface area (Å²) >= 11 is 0. The van der Waals surface area contributed by atoms with Gasteiger partial charge in [-0.05, 0) is 206 Å². The second-order valence-corrected chi connectivity index (χ2v) is 34.2. The van der Waals surface area contributed by atoms with Crippen molar-refractivity contribution < 1.29 is 0 Å². The first-order chi connectivity index (χ1) is 41.7. The summed E-state index contributed by atoms with van der Waals surface area (Å²) in [6, 6.07) is 64.3. The van der Waals surface area contributed by atoms with E-state index < -0.39 is 0 Å². The van der Waals surface area contributed by atoms with Crippen molar-refractivity contribution in [2.45, 2.75) is 232 Å². The summed E-state index contributed by atoms with van der Waals surface area (Å²) in [6.45, 7) is 45.6. The molecule has 8 aromatic rings. The van der Waals surface area contributed by atoms with Crippen molar-refractivity contribution in [1.29, 1.82) is 0 Å². The van der Waals surface area contributed by atoms with Gasteiger partial charge in [0.1, 0.15) is 0 Å². The SMILES string of the molecule is CC(C)(C)c1ccc(-c2ccc3c(c2)C2(C)CCCCC2(C)N3c2cc3c4c(c2)N(c2ccc(C(C)(C)C)cc2)c2cc(N5c6ccc(C(C)(C)C)cc6C6(C)CCCCC56C)ccc2B4c2cc(C(C)(C)C)ccc2N3c2ccc(C(C)(C)C)cc2)cc1. The van der Waals surface area contributed by atoms with Gasteiger partial charge in [-0.15, -0.1) is 0 Å². The fraction of sp³-hybridized carbons (Fsp3) is 0.429. The monoisotopic (exact) mass is 1170 g/mol. The molecule has 2 saturated carbocycles. The van der Waals surface area contributed by atoms with Gasteiger partial charge in [0.15, 0.2) is 0 Å². The van der Waals surface area contributed by atoms with E-state index >= 15 is 0 Å². The highest BCUT2D eigenvalue weighted by atomic mass is 15.3. The number of hydrogen-bond acceptors (Lipinski definition) is 4. The Morgan fingerprint density at radius 1 is 0.303 bits per heavy atom. The van der Waals surface area contributed by atoms with Crippen LogP contribution >= 0.6 is 0 Å². The van der Waals surface area contributed by atoms with Crippen LogP contribution in [0.2, 0.25) is 0 Å². The molecular formula is C84H99BN4. The van der Waals surface area contributed by atoms with Crippen molar-refractivity contribution in [1.82, 2.24) is 0 Å². The maximum Gasteiger partial charge on any atom is 0.252 e. The largest absolute Gasteiger partial charge is 0.334 e. The zero-order valence-electron chi connectivity index (χ0n) is 57.5. The van der Waals surface area contributed by atoms with Crippen molar-refractivity contribution in [2.75, 3.05) is 19.6 Å². The van der Waals surface area contributed by atoms with Crippen molar-refractivity contribution in [3.05, 3.63) is 197 Å². The number of anilines is 10. The molecule has 5 heteroatoms.